The first-order valence-corrected chi connectivity index (χ1v) is 6.95. The van der Waals surface area contributed by atoms with Gasteiger partial charge in [0.15, 0.2) is 5.78 Å². The molecule has 0 aromatic heterocycles. The zero-order chi connectivity index (χ0) is 15.9. The second-order valence-corrected chi connectivity index (χ2v) is 4.89. The van der Waals surface area contributed by atoms with E-state index in [4.69, 9.17) is 0 Å². The van der Waals surface area contributed by atoms with Gasteiger partial charge in [-0.05, 0) is 55.3 Å². The van der Waals surface area contributed by atoms with E-state index in [1.165, 1.54) is 19.1 Å². The van der Waals surface area contributed by atoms with E-state index >= 15 is 0 Å². The molecule has 0 heterocycles. The third-order valence-electron chi connectivity index (χ3n) is 3.14. The average Bonchev–Trinajstić information content (AvgIpc) is 2.48. The lowest BCUT2D eigenvalue weighted by Gasteiger charge is -2.08. The average molecular weight is 300 g/mol. The van der Waals surface area contributed by atoms with Crippen molar-refractivity contribution in [2.45, 2.75) is 13.3 Å². The summed E-state index contributed by atoms with van der Waals surface area (Å²) in [6.45, 7) is 1.89. The van der Waals surface area contributed by atoms with Gasteiger partial charge < -0.3 is 10.6 Å². The van der Waals surface area contributed by atoms with Crippen LogP contribution in [0.3, 0.4) is 0 Å². The van der Waals surface area contributed by atoms with Crippen LogP contribution in [0.1, 0.15) is 22.8 Å². The van der Waals surface area contributed by atoms with Crippen molar-refractivity contribution in [3.8, 4) is 0 Å². The van der Waals surface area contributed by atoms with Crippen LogP contribution >= 0.6 is 0 Å². The van der Waals surface area contributed by atoms with Crippen molar-refractivity contribution in [3.63, 3.8) is 0 Å². The van der Waals surface area contributed by atoms with Crippen LogP contribution in [-0.4, -0.2) is 18.4 Å². The van der Waals surface area contributed by atoms with Gasteiger partial charge in [0.05, 0.1) is 0 Å². The van der Waals surface area contributed by atoms with E-state index in [1.807, 2.05) is 6.07 Å². The number of hydrogen-bond acceptors (Lipinski definition) is 2. The highest BCUT2D eigenvalue weighted by Gasteiger charge is 2.03. The zero-order valence-electron chi connectivity index (χ0n) is 12.2. The van der Waals surface area contributed by atoms with Crippen molar-refractivity contribution in [2.24, 2.45) is 0 Å². The van der Waals surface area contributed by atoms with Crippen molar-refractivity contribution in [2.75, 3.05) is 11.9 Å². The van der Waals surface area contributed by atoms with Crippen LogP contribution in [0.4, 0.5) is 14.9 Å². The summed E-state index contributed by atoms with van der Waals surface area (Å²) in [4.78, 5) is 22.9. The Morgan fingerprint density at radius 2 is 1.82 bits per heavy atom. The third-order valence-corrected chi connectivity index (χ3v) is 3.14. The minimum Gasteiger partial charge on any atom is -0.338 e. The molecule has 2 aromatic carbocycles. The number of rotatable bonds is 5. The van der Waals surface area contributed by atoms with Gasteiger partial charge in [0, 0.05) is 17.8 Å². The van der Waals surface area contributed by atoms with Crippen molar-refractivity contribution in [1.29, 1.82) is 0 Å². The van der Waals surface area contributed by atoms with Gasteiger partial charge in [-0.15, -0.1) is 0 Å². The lowest BCUT2D eigenvalue weighted by molar-refractivity contribution is 0.101. The topological polar surface area (TPSA) is 58.2 Å². The Hall–Kier alpha value is -2.69. The van der Waals surface area contributed by atoms with Crippen LogP contribution in [0.15, 0.2) is 48.5 Å². The lowest BCUT2D eigenvalue weighted by Crippen LogP contribution is -2.30. The number of hydrogen-bond donors (Lipinski definition) is 2. The number of halogens is 1. The van der Waals surface area contributed by atoms with E-state index in [0.29, 0.717) is 24.2 Å². The zero-order valence-corrected chi connectivity index (χ0v) is 12.2. The summed E-state index contributed by atoms with van der Waals surface area (Å²) in [5, 5.41) is 5.37. The van der Waals surface area contributed by atoms with Crippen LogP contribution in [0.25, 0.3) is 0 Å². The van der Waals surface area contributed by atoms with Gasteiger partial charge in [-0.25, -0.2) is 9.18 Å². The monoisotopic (exact) mass is 300 g/mol. The summed E-state index contributed by atoms with van der Waals surface area (Å²) < 4.78 is 13.0. The van der Waals surface area contributed by atoms with Crippen molar-refractivity contribution >= 4 is 17.5 Å². The van der Waals surface area contributed by atoms with Gasteiger partial charge in [0.2, 0.25) is 0 Å². The SMILES string of the molecule is CC(=O)c1ccc(NC(=O)NCCc2cccc(F)c2)cc1. The van der Waals surface area contributed by atoms with E-state index in [2.05, 4.69) is 10.6 Å². The summed E-state index contributed by atoms with van der Waals surface area (Å²) in [5.74, 6) is -0.307. The van der Waals surface area contributed by atoms with Crippen LogP contribution in [-0.2, 0) is 6.42 Å². The maximum Gasteiger partial charge on any atom is 0.319 e. The highest BCUT2D eigenvalue weighted by molar-refractivity contribution is 5.95. The fourth-order valence-electron chi connectivity index (χ4n) is 1.98. The maximum absolute atomic E-state index is 13.0. The van der Waals surface area contributed by atoms with Crippen molar-refractivity contribution in [3.05, 3.63) is 65.5 Å². The Morgan fingerprint density at radius 3 is 2.45 bits per heavy atom. The van der Waals surface area contributed by atoms with Crippen molar-refractivity contribution in [1.82, 2.24) is 5.32 Å². The van der Waals surface area contributed by atoms with Crippen LogP contribution in [0.5, 0.6) is 0 Å². The first-order chi connectivity index (χ1) is 10.5. The Balaban J connectivity index is 1.79. The number of benzene rings is 2. The lowest BCUT2D eigenvalue weighted by atomic mass is 10.1. The summed E-state index contributed by atoms with van der Waals surface area (Å²) in [6.07, 6.45) is 0.550. The number of Topliss-reactive ketones (excluding diaryl/α,β-unsaturated/α-hetero) is 1. The molecule has 5 heteroatoms. The molecule has 0 fully saturated rings. The number of urea groups is 1. The second-order valence-electron chi connectivity index (χ2n) is 4.89. The molecule has 0 aliphatic carbocycles. The summed E-state index contributed by atoms with van der Waals surface area (Å²) in [5.41, 5.74) is 2.02. The minimum atomic E-state index is -0.341. The first kappa shape index (κ1) is 15.7. The van der Waals surface area contributed by atoms with Crippen LogP contribution in [0, 0.1) is 5.82 Å². The standard InChI is InChI=1S/C17H17FN2O2/c1-12(21)14-5-7-16(8-6-14)20-17(22)19-10-9-13-3-2-4-15(18)11-13/h2-8,11H,9-10H2,1H3,(H2,19,20,22). The fourth-order valence-corrected chi connectivity index (χ4v) is 1.98. The molecule has 2 rings (SSSR count). The van der Waals surface area contributed by atoms with Gasteiger partial charge in [-0.1, -0.05) is 12.1 Å². The van der Waals surface area contributed by atoms with Crippen LogP contribution in [0.2, 0.25) is 0 Å². The van der Waals surface area contributed by atoms with Gasteiger partial charge in [-0.2, -0.15) is 0 Å². The molecule has 22 heavy (non-hydrogen) atoms. The molecule has 2 aromatic rings. The summed E-state index contributed by atoms with van der Waals surface area (Å²) in [7, 11) is 0. The smallest absolute Gasteiger partial charge is 0.319 e. The minimum absolute atomic E-state index is 0.0221. The molecule has 0 aliphatic heterocycles. The number of carbonyl (C=O) groups is 2. The highest BCUT2D eigenvalue weighted by atomic mass is 19.1. The number of carbonyl (C=O) groups excluding carboxylic acids is 2. The van der Waals surface area contributed by atoms with Crippen LogP contribution < -0.4 is 10.6 Å². The molecule has 0 unspecified atom stereocenters. The second kappa shape index (κ2) is 7.36. The van der Waals surface area contributed by atoms with Gasteiger partial charge in [0.25, 0.3) is 0 Å². The Labute approximate surface area is 128 Å². The van der Waals surface area contributed by atoms with Gasteiger partial charge in [-0.3, -0.25) is 4.79 Å². The van der Waals surface area contributed by atoms with Crippen molar-refractivity contribution < 1.29 is 14.0 Å². The van der Waals surface area contributed by atoms with E-state index in [1.54, 1.807) is 30.3 Å². The summed E-state index contributed by atoms with van der Waals surface area (Å²) in [6, 6.07) is 12.6. The molecule has 0 bridgehead atoms. The van der Waals surface area contributed by atoms with Gasteiger partial charge >= 0.3 is 6.03 Å². The summed E-state index contributed by atoms with van der Waals surface area (Å²) >= 11 is 0. The molecular weight excluding hydrogens is 283 g/mol. The molecule has 2 N–H and O–H groups in total. The maximum atomic E-state index is 13.0. The molecule has 0 spiro atoms. The fraction of sp³-hybridized carbons (Fsp3) is 0.176. The van der Waals surface area contributed by atoms with E-state index in [9.17, 15) is 14.0 Å². The normalized spacial score (nSPS) is 10.1. The molecule has 0 radical (unpaired) electrons. The molecule has 0 saturated carbocycles. The number of ketones is 1. The van der Waals surface area contributed by atoms with Gasteiger partial charge in [0.1, 0.15) is 5.82 Å². The number of nitrogens with one attached hydrogen (secondary N) is 2. The molecule has 0 aliphatic rings. The first-order valence-electron chi connectivity index (χ1n) is 6.95. The molecule has 114 valence electrons. The molecule has 0 atom stereocenters. The number of amides is 2. The van der Waals surface area contributed by atoms with E-state index in [-0.39, 0.29) is 17.6 Å². The number of anilines is 1. The molecule has 4 nitrogen and oxygen atoms in total. The quantitative estimate of drug-likeness (QED) is 0.832. The molecule has 0 saturated heterocycles. The van der Waals surface area contributed by atoms with E-state index in [0.717, 1.165) is 5.56 Å². The largest absolute Gasteiger partial charge is 0.338 e. The molecule has 2 amide bonds. The predicted molar refractivity (Wildman–Crippen MR) is 83.6 cm³/mol. The Morgan fingerprint density at radius 1 is 1.09 bits per heavy atom. The predicted octanol–water partition coefficient (Wildman–Crippen LogP) is 3.39. The Kier molecular flexibility index (Phi) is 5.25. The third kappa shape index (κ3) is 4.70. The highest BCUT2D eigenvalue weighted by Crippen LogP contribution is 2.10. The molecular formula is C17H17FN2O2. The van der Waals surface area contributed by atoms with E-state index < -0.39 is 0 Å². The Bertz CT molecular complexity index is 669.